The van der Waals surface area contributed by atoms with Crippen LogP contribution in [0.1, 0.15) is 12.8 Å². The van der Waals surface area contributed by atoms with Gasteiger partial charge in [0.25, 0.3) is 0 Å². The van der Waals surface area contributed by atoms with E-state index < -0.39 is 48.9 Å². The normalized spacial score (nSPS) is 11.3. The van der Waals surface area contributed by atoms with Crippen LogP contribution in [0, 0.1) is 0 Å². The minimum atomic E-state index is -1.90. The molecule has 0 heterocycles. The molecule has 0 bridgehead atoms. The summed E-state index contributed by atoms with van der Waals surface area (Å²) in [7, 11) is 0. The summed E-state index contributed by atoms with van der Waals surface area (Å²) in [6.07, 6.45) is -5.26. The van der Waals surface area contributed by atoms with E-state index in [2.05, 4.69) is 0 Å². The molecular weight excluding hydrogens is 476 g/mol. The number of carboxylic acids is 4. The van der Waals surface area contributed by atoms with Crippen LogP contribution in [-0.4, -0.2) is 61.6 Å². The fourth-order valence-corrected chi connectivity index (χ4v) is 0.501. The number of aliphatic hydroxyl groups excluding tert-OH is 2. The fraction of sp³-hybridized carbons (Fsp3) is 0.500. The molecular formula is C8H11AuNaO10. The van der Waals surface area contributed by atoms with Crippen LogP contribution in [0.4, 0.5) is 0 Å². The number of hydrogen-bond donors (Lipinski definition) is 5. The summed E-state index contributed by atoms with van der Waals surface area (Å²) in [5, 5.41) is 49.9. The maximum atomic E-state index is 9.72. The van der Waals surface area contributed by atoms with Crippen molar-refractivity contribution in [2.75, 3.05) is 0 Å². The van der Waals surface area contributed by atoms with Gasteiger partial charge < -0.3 is 35.4 Å². The van der Waals surface area contributed by atoms with Gasteiger partial charge in [-0.25, -0.2) is 4.79 Å². The Morgan fingerprint density at radius 1 is 0.850 bits per heavy atom. The van der Waals surface area contributed by atoms with Gasteiger partial charge in [0.15, 0.2) is 6.10 Å². The molecule has 0 aromatic rings. The Morgan fingerprint density at radius 2 is 1.15 bits per heavy atom. The predicted molar refractivity (Wildman–Crippen MR) is 49.2 cm³/mol. The minimum absolute atomic E-state index is 0. The maximum absolute atomic E-state index is 9.72. The molecule has 12 heteroatoms. The van der Waals surface area contributed by atoms with Crippen molar-refractivity contribution in [1.82, 2.24) is 0 Å². The Morgan fingerprint density at radius 3 is 1.25 bits per heavy atom. The van der Waals surface area contributed by atoms with E-state index in [4.69, 9.17) is 25.5 Å². The van der Waals surface area contributed by atoms with E-state index >= 15 is 0 Å². The second-order valence-electron chi connectivity index (χ2n) is 2.88. The van der Waals surface area contributed by atoms with E-state index in [1.165, 1.54) is 0 Å². The van der Waals surface area contributed by atoms with Gasteiger partial charge in [-0.15, -0.1) is 0 Å². The van der Waals surface area contributed by atoms with Gasteiger partial charge in [0, 0.05) is 22.4 Å². The molecule has 0 saturated carbocycles. The monoisotopic (exact) mass is 487 g/mol. The van der Waals surface area contributed by atoms with Crippen LogP contribution in [0.25, 0.3) is 0 Å². The van der Waals surface area contributed by atoms with E-state index in [0.29, 0.717) is 0 Å². The molecule has 0 aromatic heterocycles. The first-order valence-corrected chi connectivity index (χ1v) is 4.31. The summed E-state index contributed by atoms with van der Waals surface area (Å²) in [4.78, 5) is 38.7. The van der Waals surface area contributed by atoms with Crippen LogP contribution in [0.15, 0.2) is 0 Å². The van der Waals surface area contributed by atoms with Crippen LogP contribution in [0.3, 0.4) is 0 Å². The summed E-state index contributed by atoms with van der Waals surface area (Å²) in [6, 6.07) is 0. The smallest absolute Gasteiger partial charge is 0.547 e. The number of aliphatic hydroxyl groups is 2. The Balaban J connectivity index is -0.000000116. The third-order valence-electron chi connectivity index (χ3n) is 1.29. The maximum Gasteiger partial charge on any atom is 1.00 e. The zero-order chi connectivity index (χ0) is 14.9. The predicted octanol–water partition coefficient (Wildman–Crippen LogP) is -6.52. The number of carbonyl (C=O) groups is 4. The summed E-state index contributed by atoms with van der Waals surface area (Å²) >= 11 is 0. The molecule has 0 aliphatic carbocycles. The first-order valence-electron chi connectivity index (χ1n) is 4.31. The van der Waals surface area contributed by atoms with Crippen LogP contribution in [0.5, 0.6) is 0 Å². The first-order chi connectivity index (χ1) is 8.07. The third-order valence-corrected chi connectivity index (χ3v) is 1.29. The Bertz CT molecular complexity index is 301. The molecule has 20 heavy (non-hydrogen) atoms. The number of carboxylic acid groups (broad SMARTS) is 4. The fourth-order valence-electron chi connectivity index (χ4n) is 0.501. The van der Waals surface area contributed by atoms with Crippen molar-refractivity contribution in [1.29, 1.82) is 0 Å². The van der Waals surface area contributed by atoms with Gasteiger partial charge in [0.05, 0.1) is 18.8 Å². The largest absolute Gasteiger partial charge is 1.00 e. The molecule has 0 rings (SSSR count). The summed E-state index contributed by atoms with van der Waals surface area (Å²) in [5.41, 5.74) is 0. The summed E-state index contributed by atoms with van der Waals surface area (Å²) < 4.78 is 0. The zero-order valence-electron chi connectivity index (χ0n) is 10.1. The molecule has 0 aliphatic rings. The average molecular weight is 487 g/mol. The molecule has 1 radical (unpaired) electrons. The van der Waals surface area contributed by atoms with Crippen molar-refractivity contribution in [3.8, 4) is 0 Å². The minimum Gasteiger partial charge on any atom is -0.547 e. The van der Waals surface area contributed by atoms with Crippen LogP contribution in [-0.2, 0) is 41.6 Å². The van der Waals surface area contributed by atoms with Crippen LogP contribution in [0.2, 0.25) is 0 Å². The van der Waals surface area contributed by atoms with Crippen molar-refractivity contribution < 1.29 is 102 Å². The molecule has 0 spiro atoms. The van der Waals surface area contributed by atoms with Gasteiger partial charge in [-0.2, -0.15) is 0 Å². The Labute approximate surface area is 150 Å². The van der Waals surface area contributed by atoms with Gasteiger partial charge in [0.1, 0.15) is 6.10 Å². The number of rotatable bonds is 6. The molecule has 2 unspecified atom stereocenters. The number of aliphatic carboxylic acids is 4. The van der Waals surface area contributed by atoms with Crippen molar-refractivity contribution >= 4 is 23.9 Å². The summed E-state index contributed by atoms with van der Waals surface area (Å²) in [5.74, 6) is -5.98. The average Bonchev–Trinajstić information content (AvgIpc) is 2.16. The Hall–Kier alpha value is -0.460. The molecule has 0 amide bonds. The second-order valence-corrected chi connectivity index (χ2v) is 2.88. The van der Waals surface area contributed by atoms with Crippen molar-refractivity contribution in [3.05, 3.63) is 0 Å². The van der Waals surface area contributed by atoms with E-state index in [0.717, 1.165) is 0 Å². The van der Waals surface area contributed by atoms with Gasteiger partial charge in [-0.3, -0.25) is 9.59 Å². The van der Waals surface area contributed by atoms with Crippen molar-refractivity contribution in [3.63, 3.8) is 0 Å². The molecule has 0 aliphatic heterocycles. The second kappa shape index (κ2) is 14.9. The molecule has 2 atom stereocenters. The molecule has 0 saturated heterocycles. The molecule has 0 aromatic carbocycles. The van der Waals surface area contributed by atoms with E-state index in [1.807, 2.05) is 0 Å². The zero-order valence-corrected chi connectivity index (χ0v) is 14.3. The van der Waals surface area contributed by atoms with Gasteiger partial charge in [-0.05, 0) is 0 Å². The van der Waals surface area contributed by atoms with Gasteiger partial charge >= 0.3 is 47.5 Å². The van der Waals surface area contributed by atoms with E-state index in [1.54, 1.807) is 0 Å². The number of hydrogen-bond acceptors (Lipinski definition) is 7. The van der Waals surface area contributed by atoms with Crippen LogP contribution < -0.4 is 34.7 Å². The summed E-state index contributed by atoms with van der Waals surface area (Å²) in [6.45, 7) is 0. The molecule has 5 N–H and O–H groups in total. The van der Waals surface area contributed by atoms with Crippen molar-refractivity contribution in [2.24, 2.45) is 0 Å². The Kier molecular flexibility index (Phi) is 20.8. The van der Waals surface area contributed by atoms with E-state index in [-0.39, 0.29) is 51.9 Å². The molecule has 10 nitrogen and oxygen atoms in total. The molecule has 0 fully saturated rings. The van der Waals surface area contributed by atoms with Gasteiger partial charge in [-0.1, -0.05) is 0 Å². The van der Waals surface area contributed by atoms with Crippen molar-refractivity contribution in [2.45, 2.75) is 25.0 Å². The third kappa shape index (κ3) is 19.9. The van der Waals surface area contributed by atoms with Gasteiger partial charge in [0.2, 0.25) is 0 Å². The topological polar surface area (TPSA) is 192 Å². The quantitative estimate of drug-likeness (QED) is 0.225. The van der Waals surface area contributed by atoms with Crippen LogP contribution >= 0.6 is 0 Å². The number of carbonyl (C=O) groups excluding carboxylic acids is 1. The van der Waals surface area contributed by atoms with E-state index in [9.17, 15) is 24.3 Å². The molecule has 115 valence electrons. The standard InChI is InChI=1S/2C4H6O5.Au.Na/c2*5-2(4(8)9)1-3(6)7;;/h2*2,5H,1H2,(H,6,7)(H,8,9);;/q;;;+1/p-1. The first kappa shape index (κ1) is 27.8. The SMILES string of the molecule is O=C(O)CC(O)C(=O)O.O=C(O)CC(O)C(=O)[O-].[Au].[Na+].